The van der Waals surface area contributed by atoms with Crippen molar-refractivity contribution < 1.29 is 9.53 Å². The Kier molecular flexibility index (Phi) is 7.95. The standard InChI is InChI=1S/C28H28ClN3O3/c1-3-25(31(18-9-19-35-2)27(33)20-14-16-21(29)17-15-20)26-30-24-13-8-7-12-23(24)28(34)32(26)22-10-5-4-6-11-22/h4-8,10-17,25H,3,9,18-19H2,1-2H3. The van der Waals surface area contributed by atoms with E-state index in [1.54, 1.807) is 46.9 Å². The molecule has 7 heteroatoms. The minimum atomic E-state index is -0.437. The summed E-state index contributed by atoms with van der Waals surface area (Å²) in [4.78, 5) is 34.2. The third-order valence-corrected chi connectivity index (χ3v) is 6.23. The van der Waals surface area contributed by atoms with E-state index in [0.29, 0.717) is 59.0 Å². The van der Waals surface area contributed by atoms with Gasteiger partial charge in [-0.2, -0.15) is 0 Å². The molecule has 180 valence electrons. The van der Waals surface area contributed by atoms with Crippen molar-refractivity contribution in [3.05, 3.63) is 106 Å². The molecule has 0 aliphatic carbocycles. The fraction of sp³-hybridized carbons (Fsp3) is 0.250. The molecule has 4 rings (SSSR count). The summed E-state index contributed by atoms with van der Waals surface area (Å²) in [6, 6.07) is 23.2. The van der Waals surface area contributed by atoms with Gasteiger partial charge in [0.2, 0.25) is 0 Å². The van der Waals surface area contributed by atoms with Gasteiger partial charge in [0, 0.05) is 30.8 Å². The van der Waals surface area contributed by atoms with Crippen LogP contribution in [0.4, 0.5) is 0 Å². The first-order valence-corrected chi connectivity index (χ1v) is 12.1. The Morgan fingerprint density at radius 2 is 1.71 bits per heavy atom. The molecule has 0 saturated heterocycles. The molecule has 6 nitrogen and oxygen atoms in total. The van der Waals surface area contributed by atoms with Gasteiger partial charge in [0.15, 0.2) is 0 Å². The maximum absolute atomic E-state index is 13.7. The summed E-state index contributed by atoms with van der Waals surface area (Å²) >= 11 is 6.06. The SMILES string of the molecule is CCC(c1nc2ccccc2c(=O)n1-c1ccccc1)N(CCCOC)C(=O)c1ccc(Cl)cc1. The molecule has 0 spiro atoms. The lowest BCUT2D eigenvalue weighted by Gasteiger charge is -2.32. The smallest absolute Gasteiger partial charge is 0.266 e. The number of para-hydroxylation sites is 2. The maximum atomic E-state index is 13.7. The lowest BCUT2D eigenvalue weighted by atomic mass is 10.1. The average Bonchev–Trinajstić information content (AvgIpc) is 2.89. The molecule has 0 bridgehead atoms. The van der Waals surface area contributed by atoms with Crippen molar-refractivity contribution in [1.82, 2.24) is 14.5 Å². The Morgan fingerprint density at radius 1 is 1.03 bits per heavy atom. The molecule has 0 aliphatic heterocycles. The first-order chi connectivity index (χ1) is 17.0. The zero-order valence-corrected chi connectivity index (χ0v) is 20.6. The highest BCUT2D eigenvalue weighted by Crippen LogP contribution is 2.28. The van der Waals surface area contributed by atoms with Gasteiger partial charge in [0.25, 0.3) is 11.5 Å². The summed E-state index contributed by atoms with van der Waals surface area (Å²) in [5, 5.41) is 1.10. The second-order valence-electron chi connectivity index (χ2n) is 8.24. The summed E-state index contributed by atoms with van der Waals surface area (Å²) in [5.41, 5.74) is 1.68. The highest BCUT2D eigenvalue weighted by molar-refractivity contribution is 6.30. The molecule has 1 amide bonds. The molecule has 0 aliphatic rings. The number of aromatic nitrogens is 2. The zero-order chi connectivity index (χ0) is 24.8. The fourth-order valence-corrected chi connectivity index (χ4v) is 4.40. The van der Waals surface area contributed by atoms with Gasteiger partial charge in [-0.25, -0.2) is 4.98 Å². The first kappa shape index (κ1) is 24.6. The number of hydrogen-bond donors (Lipinski definition) is 0. The van der Waals surface area contributed by atoms with Gasteiger partial charge in [-0.3, -0.25) is 14.2 Å². The predicted octanol–water partition coefficient (Wildman–Crippen LogP) is 5.67. The Labute approximate surface area is 209 Å². The van der Waals surface area contributed by atoms with Crippen LogP contribution in [0, 0.1) is 0 Å². The van der Waals surface area contributed by atoms with E-state index in [-0.39, 0.29) is 11.5 Å². The lowest BCUT2D eigenvalue weighted by Crippen LogP contribution is -2.39. The van der Waals surface area contributed by atoms with E-state index in [1.165, 1.54) is 0 Å². The number of fused-ring (bicyclic) bond motifs is 1. The summed E-state index contributed by atoms with van der Waals surface area (Å²) in [7, 11) is 1.64. The minimum absolute atomic E-state index is 0.147. The van der Waals surface area contributed by atoms with E-state index >= 15 is 0 Å². The van der Waals surface area contributed by atoms with Crippen LogP contribution in [-0.4, -0.2) is 40.6 Å². The lowest BCUT2D eigenvalue weighted by molar-refractivity contribution is 0.0634. The van der Waals surface area contributed by atoms with Crippen LogP contribution < -0.4 is 5.56 Å². The number of ether oxygens (including phenoxy) is 1. The van der Waals surface area contributed by atoms with Gasteiger partial charge in [-0.15, -0.1) is 0 Å². The fourth-order valence-electron chi connectivity index (χ4n) is 4.28. The van der Waals surface area contributed by atoms with Crippen LogP contribution in [0.5, 0.6) is 0 Å². The van der Waals surface area contributed by atoms with E-state index < -0.39 is 6.04 Å². The van der Waals surface area contributed by atoms with Gasteiger partial charge < -0.3 is 9.64 Å². The summed E-state index contributed by atoms with van der Waals surface area (Å²) in [6.45, 7) is 2.96. The van der Waals surface area contributed by atoms with Gasteiger partial charge >= 0.3 is 0 Å². The van der Waals surface area contributed by atoms with E-state index in [0.717, 1.165) is 0 Å². The molecular formula is C28H28ClN3O3. The van der Waals surface area contributed by atoms with Crippen molar-refractivity contribution >= 4 is 28.4 Å². The normalized spacial score (nSPS) is 12.0. The minimum Gasteiger partial charge on any atom is -0.385 e. The zero-order valence-electron chi connectivity index (χ0n) is 19.9. The van der Waals surface area contributed by atoms with E-state index in [9.17, 15) is 9.59 Å². The molecule has 1 unspecified atom stereocenters. The molecule has 0 saturated carbocycles. The second kappa shape index (κ2) is 11.3. The number of nitrogens with zero attached hydrogens (tertiary/aromatic N) is 3. The van der Waals surface area contributed by atoms with E-state index in [4.69, 9.17) is 21.3 Å². The average molecular weight is 490 g/mol. The largest absolute Gasteiger partial charge is 0.385 e. The molecule has 4 aromatic rings. The number of carbonyl (C=O) groups is 1. The van der Waals surface area contributed by atoms with Crippen LogP contribution in [-0.2, 0) is 4.74 Å². The number of rotatable bonds is 9. The first-order valence-electron chi connectivity index (χ1n) is 11.7. The van der Waals surface area contributed by atoms with E-state index in [1.807, 2.05) is 55.5 Å². The summed E-state index contributed by atoms with van der Waals surface area (Å²) < 4.78 is 6.89. The van der Waals surface area contributed by atoms with Crippen LogP contribution in [0.1, 0.15) is 42.0 Å². The number of benzene rings is 3. The molecule has 1 aromatic heterocycles. The third kappa shape index (κ3) is 5.29. The monoisotopic (exact) mass is 489 g/mol. The molecular weight excluding hydrogens is 462 g/mol. The van der Waals surface area contributed by atoms with Crippen molar-refractivity contribution in [2.24, 2.45) is 0 Å². The van der Waals surface area contributed by atoms with Crippen LogP contribution in [0.2, 0.25) is 5.02 Å². The van der Waals surface area contributed by atoms with Crippen LogP contribution >= 0.6 is 11.6 Å². The Bertz CT molecular complexity index is 1350. The van der Waals surface area contributed by atoms with Crippen LogP contribution in [0.15, 0.2) is 83.7 Å². The van der Waals surface area contributed by atoms with Gasteiger partial charge in [0.1, 0.15) is 5.82 Å². The number of halogens is 1. The molecule has 0 N–H and O–H groups in total. The number of amides is 1. The van der Waals surface area contributed by atoms with Crippen molar-refractivity contribution in [2.75, 3.05) is 20.3 Å². The van der Waals surface area contributed by atoms with Crippen LogP contribution in [0.25, 0.3) is 16.6 Å². The van der Waals surface area contributed by atoms with Crippen molar-refractivity contribution in [3.63, 3.8) is 0 Å². The Hall–Kier alpha value is -3.48. The Morgan fingerprint density at radius 3 is 2.40 bits per heavy atom. The third-order valence-electron chi connectivity index (χ3n) is 5.98. The molecule has 1 heterocycles. The number of methoxy groups -OCH3 is 1. The van der Waals surface area contributed by atoms with Gasteiger partial charge in [0.05, 0.1) is 22.6 Å². The van der Waals surface area contributed by atoms with Crippen molar-refractivity contribution in [3.8, 4) is 5.69 Å². The van der Waals surface area contributed by atoms with Crippen molar-refractivity contribution in [1.29, 1.82) is 0 Å². The second-order valence-corrected chi connectivity index (χ2v) is 8.68. The molecule has 3 aromatic carbocycles. The predicted molar refractivity (Wildman–Crippen MR) is 139 cm³/mol. The van der Waals surface area contributed by atoms with Gasteiger partial charge in [-0.1, -0.05) is 48.9 Å². The number of carbonyl (C=O) groups excluding carboxylic acids is 1. The highest BCUT2D eigenvalue weighted by atomic mass is 35.5. The molecule has 0 radical (unpaired) electrons. The Balaban J connectivity index is 1.90. The van der Waals surface area contributed by atoms with E-state index in [2.05, 4.69) is 0 Å². The molecule has 0 fully saturated rings. The molecule has 35 heavy (non-hydrogen) atoms. The quantitative estimate of drug-likeness (QED) is 0.284. The summed E-state index contributed by atoms with van der Waals surface area (Å²) in [5.74, 6) is 0.383. The number of hydrogen-bond acceptors (Lipinski definition) is 4. The highest BCUT2D eigenvalue weighted by Gasteiger charge is 2.29. The van der Waals surface area contributed by atoms with Crippen molar-refractivity contribution in [2.45, 2.75) is 25.8 Å². The van der Waals surface area contributed by atoms with Crippen LogP contribution in [0.3, 0.4) is 0 Å². The molecule has 1 atom stereocenters. The topological polar surface area (TPSA) is 64.4 Å². The maximum Gasteiger partial charge on any atom is 0.266 e. The van der Waals surface area contributed by atoms with Gasteiger partial charge in [-0.05, 0) is 61.4 Å². The summed E-state index contributed by atoms with van der Waals surface area (Å²) in [6.07, 6.45) is 1.22.